The summed E-state index contributed by atoms with van der Waals surface area (Å²) in [5.41, 5.74) is -0.433. The van der Waals surface area contributed by atoms with Crippen molar-refractivity contribution in [2.75, 3.05) is 26.8 Å². The van der Waals surface area contributed by atoms with Crippen LogP contribution in [0.5, 0.6) is 0 Å². The van der Waals surface area contributed by atoms with Crippen LogP contribution in [0, 0.1) is 5.41 Å². The van der Waals surface area contributed by atoms with Gasteiger partial charge in [0.2, 0.25) is 5.91 Å². The third-order valence-electron chi connectivity index (χ3n) is 2.83. The standard InChI is InChI=1S/C10H18FNO3/c1-10(2)6-12(8(14)5-13)4-7(11)9(10)15-3/h7,9,13H,4-6H2,1-3H3/t7-,9-/m0/s1. The van der Waals surface area contributed by atoms with Gasteiger partial charge in [0.25, 0.3) is 0 Å². The SMILES string of the molecule is CO[C@H]1[C@@H](F)CN(C(=O)CO)CC1(C)C. The van der Waals surface area contributed by atoms with Gasteiger partial charge in [-0.2, -0.15) is 0 Å². The van der Waals surface area contributed by atoms with Crippen molar-refractivity contribution in [3.8, 4) is 0 Å². The Morgan fingerprint density at radius 3 is 2.67 bits per heavy atom. The molecule has 0 unspecified atom stereocenters. The zero-order chi connectivity index (χ0) is 11.6. The predicted octanol–water partition coefficient (Wildman–Crippen LogP) is 0.200. The molecule has 0 spiro atoms. The number of hydrogen-bond acceptors (Lipinski definition) is 3. The first kappa shape index (κ1) is 12.4. The maximum absolute atomic E-state index is 13.7. The number of carbonyl (C=O) groups is 1. The van der Waals surface area contributed by atoms with Gasteiger partial charge in [0.15, 0.2) is 0 Å². The lowest BCUT2D eigenvalue weighted by atomic mass is 9.80. The fraction of sp³-hybridized carbons (Fsp3) is 0.900. The molecule has 88 valence electrons. The highest BCUT2D eigenvalue weighted by molar-refractivity contribution is 5.77. The topological polar surface area (TPSA) is 49.8 Å². The maximum Gasteiger partial charge on any atom is 0.248 e. The van der Waals surface area contributed by atoms with Gasteiger partial charge in [-0.3, -0.25) is 4.79 Å². The van der Waals surface area contributed by atoms with Crippen molar-refractivity contribution in [1.29, 1.82) is 0 Å². The molecule has 1 fully saturated rings. The van der Waals surface area contributed by atoms with E-state index in [0.717, 1.165) is 0 Å². The molecule has 0 bridgehead atoms. The van der Waals surface area contributed by atoms with Gasteiger partial charge in [-0.05, 0) is 0 Å². The predicted molar refractivity (Wildman–Crippen MR) is 53.1 cm³/mol. The lowest BCUT2D eigenvalue weighted by Crippen LogP contribution is -2.58. The number of methoxy groups -OCH3 is 1. The van der Waals surface area contributed by atoms with Crippen molar-refractivity contribution >= 4 is 5.91 Å². The van der Waals surface area contributed by atoms with Crippen LogP contribution in [0.25, 0.3) is 0 Å². The van der Waals surface area contributed by atoms with E-state index < -0.39 is 30.2 Å². The summed E-state index contributed by atoms with van der Waals surface area (Å²) in [5.74, 6) is -0.430. The van der Waals surface area contributed by atoms with E-state index in [1.165, 1.54) is 12.0 Å². The molecule has 5 heteroatoms. The maximum atomic E-state index is 13.7. The zero-order valence-electron chi connectivity index (χ0n) is 9.36. The number of aliphatic hydroxyl groups excluding tert-OH is 1. The molecule has 1 N–H and O–H groups in total. The molecular formula is C10H18FNO3. The molecule has 0 aromatic carbocycles. The molecule has 2 atom stereocenters. The molecule has 0 radical (unpaired) electrons. The number of piperidine rings is 1. The number of hydrogen-bond donors (Lipinski definition) is 1. The van der Waals surface area contributed by atoms with Crippen LogP contribution in [0.2, 0.25) is 0 Å². The fourth-order valence-electron chi connectivity index (χ4n) is 2.20. The van der Waals surface area contributed by atoms with Gasteiger partial charge in [0.1, 0.15) is 12.8 Å². The third kappa shape index (κ3) is 2.46. The smallest absolute Gasteiger partial charge is 0.248 e. The van der Waals surface area contributed by atoms with Gasteiger partial charge in [-0.1, -0.05) is 13.8 Å². The van der Waals surface area contributed by atoms with E-state index in [-0.39, 0.29) is 6.54 Å². The first-order valence-corrected chi connectivity index (χ1v) is 4.98. The molecule has 1 heterocycles. The molecule has 15 heavy (non-hydrogen) atoms. The van der Waals surface area contributed by atoms with Crippen LogP contribution in [0.4, 0.5) is 4.39 Å². The van der Waals surface area contributed by atoms with Gasteiger partial charge in [0, 0.05) is 19.1 Å². The Morgan fingerprint density at radius 2 is 2.27 bits per heavy atom. The van der Waals surface area contributed by atoms with Crippen LogP contribution < -0.4 is 0 Å². The van der Waals surface area contributed by atoms with Crippen LogP contribution >= 0.6 is 0 Å². The molecule has 1 aliphatic rings. The highest BCUT2D eigenvalue weighted by Crippen LogP contribution is 2.32. The number of aliphatic hydroxyl groups is 1. The zero-order valence-corrected chi connectivity index (χ0v) is 9.36. The minimum absolute atomic E-state index is 0.00132. The van der Waals surface area contributed by atoms with E-state index in [1.807, 2.05) is 13.8 Å². The average Bonchev–Trinajstić information content (AvgIpc) is 2.14. The van der Waals surface area contributed by atoms with Crippen molar-refractivity contribution in [1.82, 2.24) is 4.90 Å². The van der Waals surface area contributed by atoms with Gasteiger partial charge < -0.3 is 14.7 Å². The first-order valence-electron chi connectivity index (χ1n) is 4.98. The third-order valence-corrected chi connectivity index (χ3v) is 2.83. The summed E-state index contributed by atoms with van der Waals surface area (Å²) in [6.07, 6.45) is -1.70. The molecule has 0 aromatic rings. The molecule has 1 saturated heterocycles. The molecule has 1 rings (SSSR count). The highest BCUT2D eigenvalue weighted by Gasteiger charge is 2.44. The Labute approximate surface area is 89.0 Å². The number of likely N-dealkylation sites (tertiary alicyclic amines) is 1. The molecule has 0 aliphatic carbocycles. The summed E-state index contributed by atoms with van der Waals surface area (Å²) in [6.45, 7) is 3.54. The largest absolute Gasteiger partial charge is 0.387 e. The van der Waals surface area contributed by atoms with Crippen LogP contribution in [0.15, 0.2) is 0 Å². The van der Waals surface area contributed by atoms with Crippen molar-refractivity contribution in [3.05, 3.63) is 0 Å². The van der Waals surface area contributed by atoms with E-state index in [2.05, 4.69) is 0 Å². The van der Waals surface area contributed by atoms with Crippen molar-refractivity contribution < 1.29 is 19.0 Å². The van der Waals surface area contributed by atoms with E-state index in [4.69, 9.17) is 9.84 Å². The second-order valence-corrected chi connectivity index (χ2v) is 4.59. The number of alkyl halides is 1. The molecule has 1 aliphatic heterocycles. The van der Waals surface area contributed by atoms with Gasteiger partial charge >= 0.3 is 0 Å². The Kier molecular flexibility index (Phi) is 3.67. The molecule has 4 nitrogen and oxygen atoms in total. The number of ether oxygens (including phenoxy) is 1. The van der Waals surface area contributed by atoms with E-state index in [9.17, 15) is 9.18 Å². The summed E-state index contributed by atoms with van der Waals surface area (Å²) in [6, 6.07) is 0. The average molecular weight is 219 g/mol. The van der Waals surface area contributed by atoms with E-state index in [0.29, 0.717) is 6.54 Å². The Bertz CT molecular complexity index is 245. The first-order chi connectivity index (χ1) is 6.92. The molecule has 0 aromatic heterocycles. The fourth-order valence-corrected chi connectivity index (χ4v) is 2.20. The monoisotopic (exact) mass is 219 g/mol. The van der Waals surface area contributed by atoms with Crippen LogP contribution in [-0.4, -0.2) is 55.0 Å². The quantitative estimate of drug-likeness (QED) is 0.721. The van der Waals surface area contributed by atoms with Gasteiger partial charge in [0.05, 0.1) is 12.6 Å². The molecular weight excluding hydrogens is 201 g/mol. The highest BCUT2D eigenvalue weighted by atomic mass is 19.1. The Balaban J connectivity index is 2.77. The van der Waals surface area contributed by atoms with Crippen molar-refractivity contribution in [3.63, 3.8) is 0 Å². The van der Waals surface area contributed by atoms with Crippen LogP contribution in [0.1, 0.15) is 13.8 Å². The second-order valence-electron chi connectivity index (χ2n) is 4.59. The minimum atomic E-state index is -1.20. The van der Waals surface area contributed by atoms with E-state index >= 15 is 0 Å². The minimum Gasteiger partial charge on any atom is -0.387 e. The summed E-state index contributed by atoms with van der Waals surface area (Å²) < 4.78 is 18.8. The number of nitrogens with zero attached hydrogens (tertiary/aromatic N) is 1. The summed E-state index contributed by atoms with van der Waals surface area (Å²) in [5, 5.41) is 8.72. The Hall–Kier alpha value is -0.680. The number of carbonyl (C=O) groups excluding carboxylic acids is 1. The second kappa shape index (κ2) is 4.45. The number of amides is 1. The summed E-state index contributed by atoms with van der Waals surface area (Å²) in [7, 11) is 1.47. The molecule has 0 saturated carbocycles. The van der Waals surface area contributed by atoms with Crippen molar-refractivity contribution in [2.45, 2.75) is 26.1 Å². The van der Waals surface area contributed by atoms with Gasteiger partial charge in [-0.25, -0.2) is 4.39 Å². The van der Waals surface area contributed by atoms with Crippen molar-refractivity contribution in [2.24, 2.45) is 5.41 Å². The molecule has 1 amide bonds. The van der Waals surface area contributed by atoms with Crippen LogP contribution in [-0.2, 0) is 9.53 Å². The van der Waals surface area contributed by atoms with Crippen LogP contribution in [0.3, 0.4) is 0 Å². The van der Waals surface area contributed by atoms with Gasteiger partial charge in [-0.15, -0.1) is 0 Å². The normalized spacial score (nSPS) is 30.3. The summed E-state index contributed by atoms with van der Waals surface area (Å²) >= 11 is 0. The lowest BCUT2D eigenvalue weighted by molar-refractivity contribution is -0.149. The lowest BCUT2D eigenvalue weighted by Gasteiger charge is -2.45. The number of halogens is 1. The summed E-state index contributed by atoms with van der Waals surface area (Å²) in [4.78, 5) is 12.6. The Morgan fingerprint density at radius 1 is 1.67 bits per heavy atom. The van der Waals surface area contributed by atoms with E-state index in [1.54, 1.807) is 0 Å². The number of rotatable bonds is 2.